The van der Waals surface area contributed by atoms with Gasteiger partial charge in [-0.2, -0.15) is 0 Å². The minimum atomic E-state index is -0.00576. The van der Waals surface area contributed by atoms with Crippen molar-refractivity contribution >= 4 is 5.91 Å². The molecule has 0 aliphatic rings. The fraction of sp³-hybridized carbons (Fsp3) is 0.842. The van der Waals surface area contributed by atoms with Crippen LogP contribution in [0.3, 0.4) is 0 Å². The summed E-state index contributed by atoms with van der Waals surface area (Å²) < 4.78 is 1.25. The molecule has 0 spiro atoms. The van der Waals surface area contributed by atoms with E-state index in [9.17, 15) is 4.79 Å². The number of halogens is 1. The third kappa shape index (κ3) is 11.8. The molecule has 0 aliphatic carbocycles. The Morgan fingerprint density at radius 2 is 1.26 bits per heavy atom. The normalized spacial score (nSPS) is 11.0. The van der Waals surface area contributed by atoms with Gasteiger partial charge >= 0.3 is 0 Å². The maximum Gasteiger partial charge on any atom is 0.246 e. The zero-order valence-corrected chi connectivity index (χ0v) is 17.5. The molecule has 0 aromatic rings. The Morgan fingerprint density at radius 1 is 0.870 bits per heavy atom. The SMILES string of the molecule is C=C(C)C(=O)NCCC[N+](CCCC)(CCCC)CCCC.[Br-]. The fourth-order valence-corrected chi connectivity index (χ4v) is 2.92. The second kappa shape index (κ2) is 15.2. The highest BCUT2D eigenvalue weighted by Crippen LogP contribution is 2.15. The molecule has 0 radical (unpaired) electrons. The number of unbranched alkanes of at least 4 members (excludes halogenated alkanes) is 3. The smallest absolute Gasteiger partial charge is 0.246 e. The summed E-state index contributed by atoms with van der Waals surface area (Å²) in [7, 11) is 0. The van der Waals surface area contributed by atoms with E-state index in [1.807, 2.05) is 0 Å². The first-order valence-electron chi connectivity index (χ1n) is 9.30. The summed E-state index contributed by atoms with van der Waals surface area (Å²) in [4.78, 5) is 11.6. The molecule has 23 heavy (non-hydrogen) atoms. The monoisotopic (exact) mass is 390 g/mol. The van der Waals surface area contributed by atoms with E-state index in [1.54, 1.807) is 6.92 Å². The van der Waals surface area contributed by atoms with E-state index in [0.717, 1.165) is 13.0 Å². The highest BCUT2D eigenvalue weighted by molar-refractivity contribution is 5.91. The van der Waals surface area contributed by atoms with Crippen molar-refractivity contribution < 1.29 is 26.3 Å². The number of nitrogens with zero attached hydrogens (tertiary/aromatic N) is 1. The average Bonchev–Trinajstić information content (AvgIpc) is 2.52. The second-order valence-corrected chi connectivity index (χ2v) is 6.69. The van der Waals surface area contributed by atoms with Gasteiger partial charge in [-0.1, -0.05) is 46.6 Å². The minimum absolute atomic E-state index is 0. The van der Waals surface area contributed by atoms with Gasteiger partial charge in [-0.15, -0.1) is 0 Å². The summed E-state index contributed by atoms with van der Waals surface area (Å²) in [5.41, 5.74) is 0.601. The Morgan fingerprint density at radius 3 is 1.61 bits per heavy atom. The Labute approximate surface area is 155 Å². The van der Waals surface area contributed by atoms with Crippen LogP contribution in [0.2, 0.25) is 0 Å². The number of hydrogen-bond acceptors (Lipinski definition) is 1. The lowest BCUT2D eigenvalue weighted by atomic mass is 10.1. The van der Waals surface area contributed by atoms with E-state index in [-0.39, 0.29) is 22.9 Å². The molecule has 0 heterocycles. The van der Waals surface area contributed by atoms with Gasteiger partial charge in [0.25, 0.3) is 0 Å². The van der Waals surface area contributed by atoms with Gasteiger partial charge in [0.05, 0.1) is 26.2 Å². The van der Waals surface area contributed by atoms with Crippen LogP contribution in [0.5, 0.6) is 0 Å². The number of carbonyl (C=O) groups excluding carboxylic acids is 1. The number of quaternary nitrogens is 1. The molecule has 138 valence electrons. The molecule has 0 atom stereocenters. The Hall–Kier alpha value is -0.350. The zero-order valence-electron chi connectivity index (χ0n) is 15.9. The molecule has 0 bridgehead atoms. The van der Waals surface area contributed by atoms with E-state index in [0.29, 0.717) is 5.57 Å². The van der Waals surface area contributed by atoms with Gasteiger partial charge in [0, 0.05) is 18.5 Å². The molecule has 1 N–H and O–H groups in total. The maximum absolute atomic E-state index is 11.6. The van der Waals surface area contributed by atoms with Crippen molar-refractivity contribution in [2.24, 2.45) is 0 Å². The molecule has 1 amide bonds. The van der Waals surface area contributed by atoms with Gasteiger partial charge < -0.3 is 26.8 Å². The molecular formula is C19H39BrN2O. The van der Waals surface area contributed by atoms with Gasteiger partial charge in [0.2, 0.25) is 5.91 Å². The quantitative estimate of drug-likeness (QED) is 0.270. The van der Waals surface area contributed by atoms with Crippen LogP contribution in [0.1, 0.15) is 72.6 Å². The third-order valence-corrected chi connectivity index (χ3v) is 4.44. The Kier molecular flexibility index (Phi) is 16.4. The van der Waals surface area contributed by atoms with Crippen molar-refractivity contribution in [3.8, 4) is 0 Å². The molecule has 0 aromatic heterocycles. The highest BCUT2D eigenvalue weighted by Gasteiger charge is 2.25. The van der Waals surface area contributed by atoms with Gasteiger partial charge in [-0.25, -0.2) is 0 Å². The second-order valence-electron chi connectivity index (χ2n) is 6.69. The zero-order chi connectivity index (χ0) is 16.8. The van der Waals surface area contributed by atoms with Gasteiger partial charge in [0.1, 0.15) is 0 Å². The molecular weight excluding hydrogens is 352 g/mol. The van der Waals surface area contributed by atoms with E-state index in [1.165, 1.54) is 69.2 Å². The summed E-state index contributed by atoms with van der Waals surface area (Å²) in [6.07, 6.45) is 8.80. The number of hydrogen-bond donors (Lipinski definition) is 1. The standard InChI is InChI=1S/C19H38N2O.BrH/c1-6-9-14-21(15-10-7-2,16-11-8-3)17-12-13-20-19(22)18(4)5;/h4,6-17H2,1-3,5H3;1H. The van der Waals surface area contributed by atoms with Crippen molar-refractivity contribution in [2.75, 3.05) is 32.7 Å². The van der Waals surface area contributed by atoms with E-state index >= 15 is 0 Å². The molecule has 0 aromatic carbocycles. The van der Waals surface area contributed by atoms with Crippen LogP contribution in [0.15, 0.2) is 12.2 Å². The number of amides is 1. The Balaban J connectivity index is 0. The maximum atomic E-state index is 11.6. The van der Waals surface area contributed by atoms with Crippen molar-refractivity contribution in [2.45, 2.75) is 72.6 Å². The predicted octanol–water partition coefficient (Wildman–Crippen LogP) is 1.29. The summed E-state index contributed by atoms with van der Waals surface area (Å²) in [6, 6.07) is 0. The minimum Gasteiger partial charge on any atom is -1.00 e. The molecule has 0 saturated heterocycles. The summed E-state index contributed by atoms with van der Waals surface area (Å²) in [6.45, 7) is 18.1. The van der Waals surface area contributed by atoms with Crippen molar-refractivity contribution in [1.29, 1.82) is 0 Å². The first-order chi connectivity index (χ1) is 10.5. The van der Waals surface area contributed by atoms with Crippen LogP contribution in [0, 0.1) is 0 Å². The summed E-state index contributed by atoms with van der Waals surface area (Å²) >= 11 is 0. The van der Waals surface area contributed by atoms with E-state index in [4.69, 9.17) is 0 Å². The summed E-state index contributed by atoms with van der Waals surface area (Å²) in [5, 5.41) is 2.97. The number of rotatable bonds is 14. The van der Waals surface area contributed by atoms with Crippen molar-refractivity contribution in [1.82, 2.24) is 5.32 Å². The van der Waals surface area contributed by atoms with Crippen molar-refractivity contribution in [3.05, 3.63) is 12.2 Å². The summed E-state index contributed by atoms with van der Waals surface area (Å²) in [5.74, 6) is -0.00576. The van der Waals surface area contributed by atoms with Crippen molar-refractivity contribution in [3.63, 3.8) is 0 Å². The highest BCUT2D eigenvalue weighted by atomic mass is 79.9. The number of carbonyl (C=O) groups is 1. The lowest BCUT2D eigenvalue weighted by Crippen LogP contribution is -3.00. The molecule has 0 unspecified atom stereocenters. The van der Waals surface area contributed by atoms with Crippen LogP contribution < -0.4 is 22.3 Å². The van der Waals surface area contributed by atoms with E-state index < -0.39 is 0 Å². The van der Waals surface area contributed by atoms with Crippen LogP contribution in [0.25, 0.3) is 0 Å². The number of nitrogens with one attached hydrogen (secondary N) is 1. The van der Waals surface area contributed by atoms with Crippen LogP contribution in [-0.2, 0) is 4.79 Å². The molecule has 0 fully saturated rings. The Bertz CT molecular complexity index is 297. The molecule has 0 rings (SSSR count). The lowest BCUT2D eigenvalue weighted by molar-refractivity contribution is -0.929. The van der Waals surface area contributed by atoms with Gasteiger partial charge in [-0.05, 0) is 26.2 Å². The molecule has 3 nitrogen and oxygen atoms in total. The van der Waals surface area contributed by atoms with Crippen LogP contribution in [0.4, 0.5) is 0 Å². The van der Waals surface area contributed by atoms with Crippen LogP contribution >= 0.6 is 0 Å². The van der Waals surface area contributed by atoms with E-state index in [2.05, 4.69) is 32.7 Å². The fourth-order valence-electron chi connectivity index (χ4n) is 2.92. The largest absolute Gasteiger partial charge is 1.00 e. The average molecular weight is 391 g/mol. The lowest BCUT2D eigenvalue weighted by Gasteiger charge is -2.39. The van der Waals surface area contributed by atoms with Crippen LogP contribution in [-0.4, -0.2) is 43.1 Å². The van der Waals surface area contributed by atoms with Gasteiger partial charge in [-0.3, -0.25) is 4.79 Å². The third-order valence-electron chi connectivity index (χ3n) is 4.44. The van der Waals surface area contributed by atoms with Gasteiger partial charge in [0.15, 0.2) is 0 Å². The molecule has 0 aliphatic heterocycles. The molecule has 4 heteroatoms. The first-order valence-corrected chi connectivity index (χ1v) is 9.30. The first kappa shape index (κ1) is 24.9. The molecule has 0 saturated carbocycles. The predicted molar refractivity (Wildman–Crippen MR) is 96.9 cm³/mol. The topological polar surface area (TPSA) is 29.1 Å².